The first-order chi connectivity index (χ1) is 13.6. The van der Waals surface area contributed by atoms with E-state index in [2.05, 4.69) is 26.5 Å². The summed E-state index contributed by atoms with van der Waals surface area (Å²) < 4.78 is 5.14. The van der Waals surface area contributed by atoms with Gasteiger partial charge in [-0.25, -0.2) is 15.0 Å². The van der Waals surface area contributed by atoms with E-state index in [1.54, 1.807) is 42.7 Å². The molecule has 7 heteroatoms. The van der Waals surface area contributed by atoms with Crippen molar-refractivity contribution >= 4 is 17.4 Å². The first-order valence-electron chi connectivity index (χ1n) is 8.92. The molecule has 0 aliphatic carbocycles. The summed E-state index contributed by atoms with van der Waals surface area (Å²) >= 11 is 0. The maximum Gasteiger partial charge on any atom is 0.213 e. The van der Waals surface area contributed by atoms with Gasteiger partial charge in [-0.05, 0) is 42.2 Å². The van der Waals surface area contributed by atoms with Gasteiger partial charge in [-0.1, -0.05) is 25.6 Å². The molecule has 0 saturated heterocycles. The maximum atomic E-state index is 9.25. The molecule has 0 atom stereocenters. The number of aryl methyl sites for hydroxylation is 1. The highest BCUT2D eigenvalue weighted by atomic mass is 16.5. The highest BCUT2D eigenvalue weighted by molar-refractivity contribution is 6.08. The predicted octanol–water partition coefficient (Wildman–Crippen LogP) is 2.98. The van der Waals surface area contributed by atoms with Crippen molar-refractivity contribution in [3.05, 3.63) is 72.2 Å². The predicted molar refractivity (Wildman–Crippen MR) is 112 cm³/mol. The van der Waals surface area contributed by atoms with Gasteiger partial charge in [0.05, 0.1) is 12.8 Å². The van der Waals surface area contributed by atoms with Crippen LogP contribution in [0.5, 0.6) is 5.88 Å². The lowest BCUT2D eigenvalue weighted by atomic mass is 10.1. The molecule has 2 heterocycles. The van der Waals surface area contributed by atoms with E-state index >= 15 is 0 Å². The fraction of sp³-hybridized carbons (Fsp3) is 0.238. The molecule has 146 valence electrons. The molecular formula is C21H25N5O2. The van der Waals surface area contributed by atoms with E-state index in [9.17, 15) is 5.11 Å². The Morgan fingerprint density at radius 3 is 2.86 bits per heavy atom. The van der Waals surface area contributed by atoms with Crippen molar-refractivity contribution < 1.29 is 9.84 Å². The Hall–Kier alpha value is -3.32. The van der Waals surface area contributed by atoms with Gasteiger partial charge in [0.25, 0.3) is 0 Å². The number of amidine groups is 2. The minimum atomic E-state index is -0.00274. The maximum absolute atomic E-state index is 9.25. The molecule has 28 heavy (non-hydrogen) atoms. The van der Waals surface area contributed by atoms with Crippen LogP contribution >= 0.6 is 0 Å². The van der Waals surface area contributed by atoms with Crippen molar-refractivity contribution in [2.75, 3.05) is 13.7 Å². The SMILES string of the molecule is C=C/C(=C/C(=Nc1ccncc1CC)N=C(N)c1cccc(OC)n1)CCO. The van der Waals surface area contributed by atoms with Gasteiger partial charge in [-0.3, -0.25) is 4.98 Å². The molecule has 0 radical (unpaired) electrons. The molecule has 2 aromatic rings. The van der Waals surface area contributed by atoms with E-state index in [1.807, 2.05) is 13.0 Å². The zero-order valence-electron chi connectivity index (χ0n) is 16.2. The van der Waals surface area contributed by atoms with Gasteiger partial charge >= 0.3 is 0 Å². The number of hydrogen-bond donors (Lipinski definition) is 2. The number of methoxy groups -OCH3 is 1. The lowest BCUT2D eigenvalue weighted by molar-refractivity contribution is 0.300. The number of aromatic nitrogens is 2. The molecule has 0 saturated carbocycles. The number of aliphatic imine (C=N–C) groups is 2. The topological polar surface area (TPSA) is 106 Å². The summed E-state index contributed by atoms with van der Waals surface area (Å²) in [6.45, 7) is 5.81. The Morgan fingerprint density at radius 1 is 1.36 bits per heavy atom. The van der Waals surface area contributed by atoms with E-state index < -0.39 is 0 Å². The number of rotatable bonds is 8. The van der Waals surface area contributed by atoms with Crippen LogP contribution in [0.2, 0.25) is 0 Å². The van der Waals surface area contributed by atoms with E-state index in [0.717, 1.165) is 23.2 Å². The monoisotopic (exact) mass is 379 g/mol. The molecule has 0 aliphatic rings. The van der Waals surface area contributed by atoms with Gasteiger partial charge in [0.15, 0.2) is 11.7 Å². The Kier molecular flexibility index (Phi) is 8.05. The van der Waals surface area contributed by atoms with Crippen LogP contribution in [0, 0.1) is 0 Å². The lowest BCUT2D eigenvalue weighted by Crippen LogP contribution is -2.17. The second-order valence-corrected chi connectivity index (χ2v) is 5.79. The average Bonchev–Trinajstić information content (AvgIpc) is 2.73. The Labute approximate surface area is 165 Å². The lowest BCUT2D eigenvalue weighted by Gasteiger charge is -2.06. The highest BCUT2D eigenvalue weighted by Crippen LogP contribution is 2.19. The van der Waals surface area contributed by atoms with Crippen LogP contribution < -0.4 is 10.5 Å². The summed E-state index contributed by atoms with van der Waals surface area (Å²) in [6.07, 6.45) is 8.08. The van der Waals surface area contributed by atoms with Gasteiger partial charge in [0.2, 0.25) is 5.88 Å². The van der Waals surface area contributed by atoms with E-state index in [4.69, 9.17) is 10.5 Å². The summed E-state index contributed by atoms with van der Waals surface area (Å²) in [5.74, 6) is 1.03. The highest BCUT2D eigenvalue weighted by Gasteiger charge is 2.06. The molecule has 0 unspecified atom stereocenters. The third-order valence-corrected chi connectivity index (χ3v) is 3.90. The zero-order chi connectivity index (χ0) is 20.4. The van der Waals surface area contributed by atoms with Crippen LogP contribution in [-0.2, 0) is 6.42 Å². The van der Waals surface area contributed by atoms with Crippen LogP contribution in [0.1, 0.15) is 24.6 Å². The number of ether oxygens (including phenoxy) is 1. The van der Waals surface area contributed by atoms with Crippen molar-refractivity contribution in [3.8, 4) is 5.88 Å². The summed E-state index contributed by atoms with van der Waals surface area (Å²) in [5, 5.41) is 9.25. The Balaban J connectivity index is 2.54. The molecule has 3 N–H and O–H groups in total. The molecule has 0 spiro atoms. The number of aliphatic hydroxyl groups excluding tert-OH is 1. The van der Waals surface area contributed by atoms with Crippen molar-refractivity contribution in [1.82, 2.24) is 9.97 Å². The van der Waals surface area contributed by atoms with Crippen molar-refractivity contribution in [2.24, 2.45) is 15.7 Å². The number of nitrogens with zero attached hydrogens (tertiary/aromatic N) is 4. The second-order valence-electron chi connectivity index (χ2n) is 5.79. The number of pyridine rings is 2. The average molecular weight is 379 g/mol. The number of nitrogens with two attached hydrogens (primary N) is 1. The molecule has 2 rings (SSSR count). The molecule has 0 aromatic carbocycles. The number of aliphatic hydroxyl groups is 1. The minimum absolute atomic E-state index is 0.00274. The van der Waals surface area contributed by atoms with Gasteiger partial charge < -0.3 is 15.6 Å². The van der Waals surface area contributed by atoms with Gasteiger partial charge in [0.1, 0.15) is 5.69 Å². The Morgan fingerprint density at radius 2 is 2.18 bits per heavy atom. The van der Waals surface area contributed by atoms with Gasteiger partial charge in [-0.2, -0.15) is 0 Å². The van der Waals surface area contributed by atoms with Crippen LogP contribution in [0.3, 0.4) is 0 Å². The molecule has 7 nitrogen and oxygen atoms in total. The third kappa shape index (κ3) is 5.85. The second kappa shape index (κ2) is 10.7. The van der Waals surface area contributed by atoms with Gasteiger partial charge in [-0.15, -0.1) is 0 Å². The van der Waals surface area contributed by atoms with Crippen LogP contribution in [-0.4, -0.2) is 40.5 Å². The van der Waals surface area contributed by atoms with Crippen LogP contribution in [0.25, 0.3) is 0 Å². The molecule has 0 amide bonds. The van der Waals surface area contributed by atoms with E-state index in [0.29, 0.717) is 23.8 Å². The first kappa shape index (κ1) is 21.0. The largest absolute Gasteiger partial charge is 0.481 e. The normalized spacial score (nSPS) is 12.8. The molecule has 2 aromatic heterocycles. The minimum Gasteiger partial charge on any atom is -0.481 e. The standard InChI is InChI=1S/C21H25N5O2/c1-4-15(10-12-27)13-19(24-17-9-11-23-14-16(17)5-2)26-21(22)18-7-6-8-20(25-18)28-3/h4,6-9,11,13-14,27H,1,5,10,12H2,2-3H3,(H2,22,23,24,26)/b15-13-. The fourth-order valence-corrected chi connectivity index (χ4v) is 2.39. The van der Waals surface area contributed by atoms with Crippen molar-refractivity contribution in [3.63, 3.8) is 0 Å². The zero-order valence-corrected chi connectivity index (χ0v) is 16.2. The smallest absolute Gasteiger partial charge is 0.213 e. The van der Waals surface area contributed by atoms with Crippen LogP contribution in [0.4, 0.5) is 5.69 Å². The quantitative estimate of drug-likeness (QED) is 0.417. The van der Waals surface area contributed by atoms with E-state index in [-0.39, 0.29) is 12.4 Å². The van der Waals surface area contributed by atoms with Crippen LogP contribution in [0.15, 0.2) is 70.9 Å². The summed E-state index contributed by atoms with van der Waals surface area (Å²) in [4.78, 5) is 17.6. The molecule has 0 aliphatic heterocycles. The van der Waals surface area contributed by atoms with Crippen molar-refractivity contribution in [1.29, 1.82) is 0 Å². The number of hydrogen-bond acceptors (Lipinski definition) is 5. The third-order valence-electron chi connectivity index (χ3n) is 3.90. The fourth-order valence-electron chi connectivity index (χ4n) is 2.39. The first-order valence-corrected chi connectivity index (χ1v) is 8.92. The summed E-state index contributed by atoms with van der Waals surface area (Å²) in [5.41, 5.74) is 9.19. The molecular weight excluding hydrogens is 354 g/mol. The molecule has 0 bridgehead atoms. The molecule has 0 fully saturated rings. The number of allylic oxidation sites excluding steroid dienone is 1. The summed E-state index contributed by atoms with van der Waals surface area (Å²) in [7, 11) is 1.54. The summed E-state index contributed by atoms with van der Waals surface area (Å²) in [6, 6.07) is 7.08. The Bertz CT molecular complexity index is 903. The van der Waals surface area contributed by atoms with E-state index in [1.165, 1.54) is 7.11 Å². The van der Waals surface area contributed by atoms with Gasteiger partial charge in [0, 0.05) is 25.1 Å². The van der Waals surface area contributed by atoms with Crippen molar-refractivity contribution in [2.45, 2.75) is 19.8 Å².